The Bertz CT molecular complexity index is 879. The van der Waals surface area contributed by atoms with Gasteiger partial charge in [-0.1, -0.05) is 36.4 Å². The van der Waals surface area contributed by atoms with Crippen molar-refractivity contribution < 1.29 is 14.4 Å². The highest BCUT2D eigenvalue weighted by Gasteiger charge is 2.34. The van der Waals surface area contributed by atoms with Gasteiger partial charge in [0.15, 0.2) is 0 Å². The zero-order valence-corrected chi connectivity index (χ0v) is 14.2. The fraction of sp³-hybridized carbons (Fsp3) is 0.250. The van der Waals surface area contributed by atoms with Gasteiger partial charge in [-0.25, -0.2) is 0 Å². The predicted octanol–water partition coefficient (Wildman–Crippen LogP) is 1.92. The third kappa shape index (κ3) is 3.18. The van der Waals surface area contributed by atoms with Crippen molar-refractivity contribution in [2.24, 2.45) is 5.92 Å². The lowest BCUT2D eigenvalue weighted by molar-refractivity contribution is -0.128. The van der Waals surface area contributed by atoms with Gasteiger partial charge in [-0.2, -0.15) is 0 Å². The zero-order valence-electron chi connectivity index (χ0n) is 14.2. The van der Waals surface area contributed by atoms with E-state index in [1.165, 1.54) is 0 Å². The van der Waals surface area contributed by atoms with E-state index in [0.29, 0.717) is 30.9 Å². The van der Waals surface area contributed by atoms with Crippen LogP contribution in [-0.2, 0) is 22.7 Å². The molecule has 0 aliphatic carbocycles. The minimum Gasteiger partial charge on any atom is -0.348 e. The van der Waals surface area contributed by atoms with Gasteiger partial charge in [-0.05, 0) is 23.3 Å². The molecule has 0 bridgehead atoms. The first-order valence-electron chi connectivity index (χ1n) is 8.64. The molecule has 6 heteroatoms. The summed E-state index contributed by atoms with van der Waals surface area (Å²) in [7, 11) is 0. The fourth-order valence-corrected chi connectivity index (χ4v) is 3.44. The van der Waals surface area contributed by atoms with Crippen LogP contribution in [0, 0.1) is 5.92 Å². The molecule has 132 valence electrons. The number of nitrogens with one attached hydrogen (secondary N) is 2. The molecule has 0 spiro atoms. The van der Waals surface area contributed by atoms with Gasteiger partial charge < -0.3 is 15.5 Å². The van der Waals surface area contributed by atoms with Gasteiger partial charge >= 0.3 is 0 Å². The van der Waals surface area contributed by atoms with Crippen molar-refractivity contribution in [3.05, 3.63) is 65.2 Å². The van der Waals surface area contributed by atoms with Crippen molar-refractivity contribution in [2.75, 3.05) is 11.9 Å². The highest BCUT2D eigenvalue weighted by Crippen LogP contribution is 2.24. The minimum absolute atomic E-state index is 0.0117. The molecule has 2 aromatic carbocycles. The maximum Gasteiger partial charge on any atom is 0.251 e. The van der Waals surface area contributed by atoms with Crippen LogP contribution in [0.25, 0.3) is 0 Å². The number of carbonyl (C=O) groups excluding carboxylic acids is 3. The normalized spacial score (nSPS) is 18.6. The van der Waals surface area contributed by atoms with E-state index in [1.807, 2.05) is 36.4 Å². The molecule has 2 heterocycles. The maximum atomic E-state index is 12.5. The van der Waals surface area contributed by atoms with Gasteiger partial charge in [0, 0.05) is 37.3 Å². The Morgan fingerprint density at radius 2 is 1.96 bits per heavy atom. The molecule has 1 fully saturated rings. The van der Waals surface area contributed by atoms with Crippen LogP contribution in [0.1, 0.15) is 27.9 Å². The average Bonchev–Trinajstić information content (AvgIpc) is 3.19. The van der Waals surface area contributed by atoms with Crippen molar-refractivity contribution in [1.29, 1.82) is 0 Å². The standard InChI is InChI=1S/C20H19N3O3/c24-18-8-15(12-23(18)11-13-4-2-1-3-5-13)19(25)22-16-7-6-14-10-21-20(26)17(14)9-16/h1-7,9,15H,8,10-12H2,(H,21,26)(H,22,25)/t15-/m0/s1. The largest absolute Gasteiger partial charge is 0.348 e. The van der Waals surface area contributed by atoms with Crippen LogP contribution in [0.3, 0.4) is 0 Å². The maximum absolute atomic E-state index is 12.5. The third-order valence-electron chi connectivity index (χ3n) is 4.86. The minimum atomic E-state index is -0.381. The summed E-state index contributed by atoms with van der Waals surface area (Å²) in [5.41, 5.74) is 3.15. The van der Waals surface area contributed by atoms with Gasteiger partial charge in [0.05, 0.1) is 5.92 Å². The molecule has 6 nitrogen and oxygen atoms in total. The molecule has 2 aliphatic heterocycles. The Morgan fingerprint density at radius 1 is 1.15 bits per heavy atom. The lowest BCUT2D eigenvalue weighted by atomic mass is 10.1. The predicted molar refractivity (Wildman–Crippen MR) is 96.2 cm³/mol. The summed E-state index contributed by atoms with van der Waals surface area (Å²) in [4.78, 5) is 38.2. The summed E-state index contributed by atoms with van der Waals surface area (Å²) in [5, 5.41) is 5.59. The molecule has 2 aliphatic rings. The number of hydrogen-bond donors (Lipinski definition) is 2. The molecular formula is C20H19N3O3. The van der Waals surface area contributed by atoms with Gasteiger partial charge in [0.25, 0.3) is 5.91 Å². The van der Waals surface area contributed by atoms with Crippen LogP contribution in [0.15, 0.2) is 48.5 Å². The third-order valence-corrected chi connectivity index (χ3v) is 4.86. The van der Waals surface area contributed by atoms with Crippen LogP contribution in [0.5, 0.6) is 0 Å². The molecule has 1 saturated heterocycles. The quantitative estimate of drug-likeness (QED) is 0.885. The van der Waals surface area contributed by atoms with E-state index in [0.717, 1.165) is 11.1 Å². The molecule has 0 aromatic heterocycles. The van der Waals surface area contributed by atoms with Gasteiger partial charge in [-0.3, -0.25) is 14.4 Å². The van der Waals surface area contributed by atoms with Crippen LogP contribution >= 0.6 is 0 Å². The first-order valence-corrected chi connectivity index (χ1v) is 8.64. The van der Waals surface area contributed by atoms with E-state index in [2.05, 4.69) is 10.6 Å². The molecule has 0 radical (unpaired) electrons. The number of nitrogens with zero attached hydrogens (tertiary/aromatic N) is 1. The van der Waals surface area contributed by atoms with E-state index in [9.17, 15) is 14.4 Å². The summed E-state index contributed by atoms with van der Waals surface area (Å²) in [6, 6.07) is 15.1. The van der Waals surface area contributed by atoms with Crippen molar-refractivity contribution in [1.82, 2.24) is 10.2 Å². The van der Waals surface area contributed by atoms with Crippen LogP contribution in [-0.4, -0.2) is 29.2 Å². The van der Waals surface area contributed by atoms with E-state index >= 15 is 0 Å². The second-order valence-corrected chi connectivity index (χ2v) is 6.70. The number of carbonyl (C=O) groups is 3. The number of fused-ring (bicyclic) bond motifs is 1. The van der Waals surface area contributed by atoms with Crippen molar-refractivity contribution in [3.8, 4) is 0 Å². The number of hydrogen-bond acceptors (Lipinski definition) is 3. The molecule has 3 amide bonds. The number of amides is 3. The summed E-state index contributed by atoms with van der Waals surface area (Å²) < 4.78 is 0. The molecule has 0 unspecified atom stereocenters. The Kier molecular flexibility index (Phi) is 4.16. The lowest BCUT2D eigenvalue weighted by Crippen LogP contribution is -2.28. The van der Waals surface area contributed by atoms with Crippen LogP contribution in [0.2, 0.25) is 0 Å². The Labute approximate surface area is 151 Å². The van der Waals surface area contributed by atoms with Crippen molar-refractivity contribution in [2.45, 2.75) is 19.5 Å². The van der Waals surface area contributed by atoms with Crippen molar-refractivity contribution >= 4 is 23.4 Å². The SMILES string of the molecule is O=C1NCc2ccc(NC(=O)[C@H]3CC(=O)N(Cc4ccccc4)C3)cc21. The molecular weight excluding hydrogens is 330 g/mol. The van der Waals surface area contributed by atoms with E-state index in [-0.39, 0.29) is 30.1 Å². The summed E-state index contributed by atoms with van der Waals surface area (Å²) in [6.07, 6.45) is 0.212. The second-order valence-electron chi connectivity index (χ2n) is 6.70. The van der Waals surface area contributed by atoms with Crippen LogP contribution in [0.4, 0.5) is 5.69 Å². The summed E-state index contributed by atoms with van der Waals surface area (Å²) in [5.74, 6) is -0.705. The number of rotatable bonds is 4. The molecule has 2 aromatic rings. The first kappa shape index (κ1) is 16.3. The Balaban J connectivity index is 1.41. The Hall–Kier alpha value is -3.15. The molecule has 0 saturated carbocycles. The summed E-state index contributed by atoms with van der Waals surface area (Å²) in [6.45, 7) is 1.45. The van der Waals surface area contributed by atoms with E-state index in [1.54, 1.807) is 17.0 Å². The molecule has 2 N–H and O–H groups in total. The number of benzene rings is 2. The van der Waals surface area contributed by atoms with Crippen LogP contribution < -0.4 is 10.6 Å². The number of anilines is 1. The molecule has 26 heavy (non-hydrogen) atoms. The topological polar surface area (TPSA) is 78.5 Å². The average molecular weight is 349 g/mol. The molecule has 4 rings (SSSR count). The smallest absolute Gasteiger partial charge is 0.251 e. The highest BCUT2D eigenvalue weighted by molar-refractivity contribution is 6.01. The van der Waals surface area contributed by atoms with Gasteiger partial charge in [0.1, 0.15) is 0 Å². The first-order chi connectivity index (χ1) is 12.6. The summed E-state index contributed by atoms with van der Waals surface area (Å²) >= 11 is 0. The van der Waals surface area contributed by atoms with E-state index in [4.69, 9.17) is 0 Å². The van der Waals surface area contributed by atoms with E-state index < -0.39 is 0 Å². The molecule has 1 atom stereocenters. The van der Waals surface area contributed by atoms with Gasteiger partial charge in [0.2, 0.25) is 11.8 Å². The van der Waals surface area contributed by atoms with Crippen molar-refractivity contribution in [3.63, 3.8) is 0 Å². The monoisotopic (exact) mass is 349 g/mol. The zero-order chi connectivity index (χ0) is 18.1. The van der Waals surface area contributed by atoms with Gasteiger partial charge in [-0.15, -0.1) is 0 Å². The second kappa shape index (κ2) is 6.63. The number of likely N-dealkylation sites (tertiary alicyclic amines) is 1. The fourth-order valence-electron chi connectivity index (χ4n) is 3.44. The highest BCUT2D eigenvalue weighted by atomic mass is 16.2. The Morgan fingerprint density at radius 3 is 2.77 bits per heavy atom. The lowest BCUT2D eigenvalue weighted by Gasteiger charge is -2.16.